The van der Waals surface area contributed by atoms with Crippen molar-refractivity contribution in [2.75, 3.05) is 6.61 Å². The summed E-state index contributed by atoms with van der Waals surface area (Å²) in [5.41, 5.74) is 5.91. The number of amides is 1. The lowest BCUT2D eigenvalue weighted by atomic mass is 9.86. The van der Waals surface area contributed by atoms with Gasteiger partial charge in [-0.1, -0.05) is 57.2 Å². The predicted octanol–water partition coefficient (Wildman–Crippen LogP) is 2.23. The van der Waals surface area contributed by atoms with Crippen molar-refractivity contribution in [1.82, 2.24) is 9.78 Å². The summed E-state index contributed by atoms with van der Waals surface area (Å²) in [6.07, 6.45) is -1.00. The Balaban J connectivity index is 1.83. The molecule has 0 aliphatic carbocycles. The number of benzene rings is 2. The minimum atomic E-state index is -1.00. The van der Waals surface area contributed by atoms with Gasteiger partial charge in [-0.25, -0.2) is 4.68 Å². The second-order valence-electron chi connectivity index (χ2n) is 7.96. The summed E-state index contributed by atoms with van der Waals surface area (Å²) in [7, 11) is 0. The molecule has 0 aliphatic heterocycles. The van der Waals surface area contributed by atoms with Crippen LogP contribution in [0.3, 0.4) is 0 Å². The maximum absolute atomic E-state index is 12.7. The number of aliphatic hydroxyl groups is 1. The van der Waals surface area contributed by atoms with Crippen molar-refractivity contribution in [1.29, 1.82) is 0 Å². The molecule has 0 saturated heterocycles. The van der Waals surface area contributed by atoms with E-state index in [4.69, 9.17) is 10.5 Å². The Kier molecular flexibility index (Phi) is 5.70. The summed E-state index contributed by atoms with van der Waals surface area (Å²) in [6, 6.07) is 14.3. The van der Waals surface area contributed by atoms with Gasteiger partial charge in [0.2, 0.25) is 0 Å². The highest BCUT2D eigenvalue weighted by Crippen LogP contribution is 2.31. The van der Waals surface area contributed by atoms with Crippen molar-refractivity contribution < 1.29 is 14.6 Å². The number of rotatable bonds is 6. The SMILES string of the molecule is CC(C)(C)c1ccccc1OC[C@H](O)Cn1nc(C(N)=O)c2ccccc2c1=O. The molecule has 2 aromatic carbocycles. The van der Waals surface area contributed by atoms with Gasteiger partial charge in [-0.2, -0.15) is 5.10 Å². The van der Waals surface area contributed by atoms with Gasteiger partial charge in [0.05, 0.1) is 11.9 Å². The average Bonchev–Trinajstić information content (AvgIpc) is 2.68. The van der Waals surface area contributed by atoms with Crippen molar-refractivity contribution in [2.45, 2.75) is 38.8 Å². The number of carbonyl (C=O) groups excluding carboxylic acids is 1. The van der Waals surface area contributed by atoms with Gasteiger partial charge in [0.15, 0.2) is 5.69 Å². The fourth-order valence-electron chi connectivity index (χ4n) is 3.19. The fourth-order valence-corrected chi connectivity index (χ4v) is 3.19. The zero-order valence-corrected chi connectivity index (χ0v) is 16.8. The number of hydrogen-bond acceptors (Lipinski definition) is 5. The van der Waals surface area contributed by atoms with Gasteiger partial charge >= 0.3 is 0 Å². The van der Waals surface area contributed by atoms with E-state index < -0.39 is 17.6 Å². The van der Waals surface area contributed by atoms with E-state index in [1.54, 1.807) is 24.3 Å². The first-order valence-corrected chi connectivity index (χ1v) is 9.38. The third-order valence-electron chi connectivity index (χ3n) is 4.61. The fraction of sp³-hybridized carbons (Fsp3) is 0.318. The molecule has 0 fully saturated rings. The molecule has 7 heteroatoms. The van der Waals surface area contributed by atoms with Crippen molar-refractivity contribution in [3.8, 4) is 5.75 Å². The first-order valence-electron chi connectivity index (χ1n) is 9.38. The van der Waals surface area contributed by atoms with Gasteiger partial charge in [-0.3, -0.25) is 9.59 Å². The molecule has 0 radical (unpaired) electrons. The normalized spacial score (nSPS) is 12.7. The van der Waals surface area contributed by atoms with E-state index in [1.165, 1.54) is 0 Å². The second kappa shape index (κ2) is 8.05. The molecule has 0 bridgehead atoms. The molecule has 152 valence electrons. The molecule has 1 aromatic heterocycles. The van der Waals surface area contributed by atoms with Gasteiger partial charge in [0.1, 0.15) is 18.5 Å². The largest absolute Gasteiger partial charge is 0.491 e. The first kappa shape index (κ1) is 20.5. The van der Waals surface area contributed by atoms with E-state index in [-0.39, 0.29) is 24.3 Å². The molecule has 0 saturated carbocycles. The molecule has 1 amide bonds. The van der Waals surface area contributed by atoms with Crippen LogP contribution < -0.4 is 16.0 Å². The van der Waals surface area contributed by atoms with Crippen LogP contribution in [-0.2, 0) is 12.0 Å². The highest BCUT2D eigenvalue weighted by atomic mass is 16.5. The number of aliphatic hydroxyl groups excluding tert-OH is 1. The quantitative estimate of drug-likeness (QED) is 0.665. The van der Waals surface area contributed by atoms with E-state index >= 15 is 0 Å². The van der Waals surface area contributed by atoms with Crippen molar-refractivity contribution in [2.24, 2.45) is 5.73 Å². The number of nitrogens with zero attached hydrogens (tertiary/aromatic N) is 2. The smallest absolute Gasteiger partial charge is 0.274 e. The summed E-state index contributed by atoms with van der Waals surface area (Å²) in [5, 5.41) is 15.2. The number of fused-ring (bicyclic) bond motifs is 1. The number of hydrogen-bond donors (Lipinski definition) is 2. The van der Waals surface area contributed by atoms with Gasteiger partial charge in [-0.15, -0.1) is 0 Å². The summed E-state index contributed by atoms with van der Waals surface area (Å²) < 4.78 is 6.88. The standard InChI is InChI=1S/C22H25N3O4/c1-22(2,3)17-10-6-7-11-18(17)29-13-14(26)12-25-21(28)16-9-5-4-8-15(16)19(24-25)20(23)27/h4-11,14,26H,12-13H2,1-3H3,(H2,23,27)/t14-/m1/s1. The first-order chi connectivity index (χ1) is 13.7. The zero-order chi connectivity index (χ0) is 21.2. The average molecular weight is 395 g/mol. The highest BCUT2D eigenvalue weighted by Gasteiger charge is 2.20. The van der Waals surface area contributed by atoms with Crippen LogP contribution in [0.25, 0.3) is 10.8 Å². The lowest BCUT2D eigenvalue weighted by molar-refractivity contribution is 0.0862. The molecule has 0 unspecified atom stereocenters. The van der Waals surface area contributed by atoms with Gasteiger partial charge in [-0.05, 0) is 23.1 Å². The highest BCUT2D eigenvalue weighted by molar-refractivity contribution is 6.03. The van der Waals surface area contributed by atoms with Gasteiger partial charge in [0.25, 0.3) is 11.5 Å². The van der Waals surface area contributed by atoms with Crippen LogP contribution in [0, 0.1) is 0 Å². The third kappa shape index (κ3) is 4.46. The molecular weight excluding hydrogens is 370 g/mol. The van der Waals surface area contributed by atoms with E-state index in [2.05, 4.69) is 25.9 Å². The van der Waals surface area contributed by atoms with Crippen molar-refractivity contribution >= 4 is 16.7 Å². The molecule has 7 nitrogen and oxygen atoms in total. The Labute approximate surface area is 168 Å². The molecule has 29 heavy (non-hydrogen) atoms. The molecule has 3 aromatic rings. The van der Waals surface area contributed by atoms with Crippen molar-refractivity contribution in [3.63, 3.8) is 0 Å². The number of para-hydroxylation sites is 1. The lowest BCUT2D eigenvalue weighted by Gasteiger charge is -2.23. The van der Waals surface area contributed by atoms with Gasteiger partial charge in [0, 0.05) is 5.39 Å². The van der Waals surface area contributed by atoms with E-state index in [0.717, 1.165) is 10.2 Å². The third-order valence-corrected chi connectivity index (χ3v) is 4.61. The maximum Gasteiger partial charge on any atom is 0.274 e. The monoisotopic (exact) mass is 395 g/mol. The predicted molar refractivity (Wildman–Crippen MR) is 111 cm³/mol. The van der Waals surface area contributed by atoms with Crippen LogP contribution >= 0.6 is 0 Å². The Hall–Kier alpha value is -3.19. The van der Waals surface area contributed by atoms with Crippen LogP contribution in [0.5, 0.6) is 5.75 Å². The van der Waals surface area contributed by atoms with Crippen LogP contribution in [0.1, 0.15) is 36.8 Å². The van der Waals surface area contributed by atoms with Crippen LogP contribution in [0.4, 0.5) is 0 Å². The molecule has 0 aliphatic rings. The number of nitrogens with two attached hydrogens (primary N) is 1. The molecular formula is C22H25N3O4. The Morgan fingerprint density at radius 1 is 1.14 bits per heavy atom. The second-order valence-corrected chi connectivity index (χ2v) is 7.96. The number of primary amides is 1. The summed E-state index contributed by atoms with van der Waals surface area (Å²) in [5.74, 6) is -0.0597. The Morgan fingerprint density at radius 3 is 2.41 bits per heavy atom. The van der Waals surface area contributed by atoms with Crippen LogP contribution in [0.15, 0.2) is 53.3 Å². The zero-order valence-electron chi connectivity index (χ0n) is 16.8. The topological polar surface area (TPSA) is 107 Å². The van der Waals surface area contributed by atoms with Gasteiger partial charge < -0.3 is 15.6 Å². The Morgan fingerprint density at radius 2 is 1.76 bits per heavy atom. The molecule has 1 heterocycles. The minimum Gasteiger partial charge on any atom is -0.491 e. The van der Waals surface area contributed by atoms with Crippen LogP contribution in [0.2, 0.25) is 0 Å². The number of aromatic nitrogens is 2. The number of carbonyl (C=O) groups is 1. The molecule has 1 atom stereocenters. The van der Waals surface area contributed by atoms with Crippen LogP contribution in [-0.4, -0.2) is 33.5 Å². The maximum atomic E-state index is 12.7. The molecule has 3 rings (SSSR count). The van der Waals surface area contributed by atoms with Crippen molar-refractivity contribution in [3.05, 3.63) is 70.1 Å². The van der Waals surface area contributed by atoms with E-state index in [1.807, 2.05) is 24.3 Å². The van der Waals surface area contributed by atoms with E-state index in [9.17, 15) is 14.7 Å². The molecule has 3 N–H and O–H groups in total. The number of ether oxygens (including phenoxy) is 1. The summed E-state index contributed by atoms with van der Waals surface area (Å²) >= 11 is 0. The lowest BCUT2D eigenvalue weighted by Crippen LogP contribution is -2.34. The summed E-state index contributed by atoms with van der Waals surface area (Å²) in [4.78, 5) is 24.5. The molecule has 0 spiro atoms. The minimum absolute atomic E-state index is 0.00797. The summed E-state index contributed by atoms with van der Waals surface area (Å²) in [6.45, 7) is 6.09. The van der Waals surface area contributed by atoms with E-state index in [0.29, 0.717) is 16.5 Å². The Bertz CT molecular complexity index is 1100.